The molecular formula is C8H6INO5S2. The summed E-state index contributed by atoms with van der Waals surface area (Å²) in [6.07, 6.45) is 0. The van der Waals surface area contributed by atoms with Crippen LogP contribution in [0.15, 0.2) is 0 Å². The molecule has 0 saturated heterocycles. The number of carbonyl (C=O) groups excluding carboxylic acids is 1. The highest BCUT2D eigenvalue weighted by atomic mass is 127. The average molecular weight is 387 g/mol. The molecule has 1 rings (SSSR count). The normalized spacial score (nSPS) is 10.9. The highest BCUT2D eigenvalue weighted by Gasteiger charge is 2.26. The average Bonchev–Trinajstić information content (AvgIpc) is 2.51. The van der Waals surface area contributed by atoms with Crippen molar-refractivity contribution in [1.82, 2.24) is 0 Å². The summed E-state index contributed by atoms with van der Waals surface area (Å²) in [6, 6.07) is 1.79. The molecule has 0 unspecified atom stereocenters. The van der Waals surface area contributed by atoms with E-state index >= 15 is 0 Å². The Morgan fingerprint density at radius 2 is 2.24 bits per heavy atom. The van der Waals surface area contributed by atoms with E-state index in [0.29, 0.717) is 2.88 Å². The molecule has 0 aliphatic carbocycles. The van der Waals surface area contributed by atoms with Crippen molar-refractivity contribution in [2.24, 2.45) is 0 Å². The van der Waals surface area contributed by atoms with Crippen molar-refractivity contribution in [3.05, 3.63) is 18.9 Å². The maximum Gasteiger partial charge on any atom is 0.340 e. The van der Waals surface area contributed by atoms with Gasteiger partial charge < -0.3 is 4.74 Å². The third-order valence-corrected chi connectivity index (χ3v) is 4.56. The minimum Gasteiger partial charge on any atom is -0.465 e. The minimum atomic E-state index is -4.32. The van der Waals surface area contributed by atoms with E-state index in [1.54, 1.807) is 6.07 Å². The summed E-state index contributed by atoms with van der Waals surface area (Å²) in [5.74, 6) is -1.51. The first-order chi connectivity index (χ1) is 7.80. The van der Waals surface area contributed by atoms with Gasteiger partial charge in [0.25, 0.3) is 10.1 Å². The Kier molecular flexibility index (Phi) is 4.48. The number of halogens is 1. The Hall–Kier alpha value is -0.700. The standard InChI is InChI=1S/C8H6INO5S2/c1-15-8(11)6-4(3-17(12,13)14)5(2-10)16-7(6)9/h3H2,1H3,(H,12,13,14). The van der Waals surface area contributed by atoms with Gasteiger partial charge in [-0.1, -0.05) is 0 Å². The molecule has 6 nitrogen and oxygen atoms in total. The number of rotatable bonds is 3. The summed E-state index contributed by atoms with van der Waals surface area (Å²) in [5, 5.41) is 8.84. The van der Waals surface area contributed by atoms with Crippen LogP contribution in [0.5, 0.6) is 0 Å². The maximum absolute atomic E-state index is 11.5. The Labute approximate surface area is 115 Å². The lowest BCUT2D eigenvalue weighted by Gasteiger charge is -2.01. The second-order valence-corrected chi connectivity index (χ2v) is 7.17. The van der Waals surface area contributed by atoms with Gasteiger partial charge in [0.1, 0.15) is 16.7 Å². The van der Waals surface area contributed by atoms with Crippen LogP contribution in [0.4, 0.5) is 0 Å². The van der Waals surface area contributed by atoms with Crippen LogP contribution in [0.25, 0.3) is 0 Å². The third kappa shape index (κ3) is 3.38. The van der Waals surface area contributed by atoms with Gasteiger partial charge >= 0.3 is 5.97 Å². The molecule has 1 N–H and O–H groups in total. The quantitative estimate of drug-likeness (QED) is 0.478. The van der Waals surface area contributed by atoms with Gasteiger partial charge in [-0.25, -0.2) is 4.79 Å². The number of nitrogens with zero attached hydrogens (tertiary/aromatic N) is 1. The molecule has 0 spiro atoms. The predicted octanol–water partition coefficient (Wildman–Crippen LogP) is 1.40. The van der Waals surface area contributed by atoms with E-state index in [1.807, 2.05) is 22.6 Å². The molecule has 0 amide bonds. The van der Waals surface area contributed by atoms with Crippen molar-refractivity contribution < 1.29 is 22.5 Å². The van der Waals surface area contributed by atoms with Crippen LogP contribution < -0.4 is 0 Å². The zero-order valence-electron chi connectivity index (χ0n) is 8.43. The Morgan fingerprint density at radius 3 is 2.65 bits per heavy atom. The first kappa shape index (κ1) is 14.4. The minimum absolute atomic E-state index is 0.0174. The second-order valence-electron chi connectivity index (χ2n) is 2.89. The van der Waals surface area contributed by atoms with Gasteiger partial charge in [0.15, 0.2) is 0 Å². The van der Waals surface area contributed by atoms with Crippen molar-refractivity contribution in [3.8, 4) is 6.07 Å². The van der Waals surface area contributed by atoms with Crippen molar-refractivity contribution in [3.63, 3.8) is 0 Å². The van der Waals surface area contributed by atoms with Gasteiger partial charge in [0, 0.05) is 5.56 Å². The van der Waals surface area contributed by atoms with E-state index in [1.165, 1.54) is 0 Å². The molecule has 0 saturated carbocycles. The lowest BCUT2D eigenvalue weighted by atomic mass is 10.2. The summed E-state index contributed by atoms with van der Waals surface area (Å²) in [4.78, 5) is 11.5. The van der Waals surface area contributed by atoms with Crippen LogP contribution in [-0.2, 0) is 20.6 Å². The maximum atomic E-state index is 11.5. The van der Waals surface area contributed by atoms with Gasteiger partial charge in [-0.05, 0) is 22.6 Å². The van der Waals surface area contributed by atoms with Gasteiger partial charge in [0.2, 0.25) is 0 Å². The summed E-state index contributed by atoms with van der Waals surface area (Å²) in [6.45, 7) is 0. The molecule has 17 heavy (non-hydrogen) atoms. The van der Waals surface area contributed by atoms with Gasteiger partial charge in [0.05, 0.1) is 15.6 Å². The SMILES string of the molecule is COC(=O)c1c(I)sc(C#N)c1CS(=O)(=O)O. The fourth-order valence-electron chi connectivity index (χ4n) is 1.15. The van der Waals surface area contributed by atoms with Crippen molar-refractivity contribution in [2.45, 2.75) is 5.75 Å². The number of thiophene rings is 1. The molecule has 1 aromatic heterocycles. The summed E-state index contributed by atoms with van der Waals surface area (Å²) < 4.78 is 35.4. The van der Waals surface area contributed by atoms with E-state index in [4.69, 9.17) is 9.81 Å². The summed E-state index contributed by atoms with van der Waals surface area (Å²) >= 11 is 2.78. The fraction of sp³-hybridized carbons (Fsp3) is 0.250. The molecule has 0 aliphatic rings. The monoisotopic (exact) mass is 387 g/mol. The van der Waals surface area contributed by atoms with E-state index < -0.39 is 21.8 Å². The molecule has 92 valence electrons. The highest BCUT2D eigenvalue weighted by Crippen LogP contribution is 2.31. The lowest BCUT2D eigenvalue weighted by Crippen LogP contribution is -2.10. The Balaban J connectivity index is 3.44. The van der Waals surface area contributed by atoms with Crippen molar-refractivity contribution >= 4 is 50.0 Å². The van der Waals surface area contributed by atoms with E-state index in [0.717, 1.165) is 18.4 Å². The van der Waals surface area contributed by atoms with Gasteiger partial charge in [-0.15, -0.1) is 11.3 Å². The summed E-state index contributed by atoms with van der Waals surface area (Å²) in [7, 11) is -3.16. The largest absolute Gasteiger partial charge is 0.465 e. The van der Waals surface area contributed by atoms with Crippen LogP contribution in [0.3, 0.4) is 0 Å². The molecule has 0 atom stereocenters. The molecule has 0 bridgehead atoms. The van der Waals surface area contributed by atoms with Crippen LogP contribution in [0.1, 0.15) is 20.8 Å². The number of methoxy groups -OCH3 is 1. The highest BCUT2D eigenvalue weighted by molar-refractivity contribution is 14.1. The zero-order valence-corrected chi connectivity index (χ0v) is 12.2. The smallest absolute Gasteiger partial charge is 0.340 e. The van der Waals surface area contributed by atoms with Crippen LogP contribution in [-0.4, -0.2) is 26.0 Å². The number of ether oxygens (including phenoxy) is 1. The molecular weight excluding hydrogens is 381 g/mol. The Morgan fingerprint density at radius 1 is 1.65 bits per heavy atom. The molecule has 0 aliphatic heterocycles. The topological polar surface area (TPSA) is 104 Å². The molecule has 1 aromatic rings. The molecule has 9 heteroatoms. The Bertz CT molecular complexity index is 598. The second kappa shape index (κ2) is 5.30. The third-order valence-electron chi connectivity index (χ3n) is 1.78. The van der Waals surface area contributed by atoms with Gasteiger partial charge in [-0.3, -0.25) is 4.55 Å². The van der Waals surface area contributed by atoms with E-state index in [9.17, 15) is 13.2 Å². The number of hydrogen-bond donors (Lipinski definition) is 1. The van der Waals surface area contributed by atoms with E-state index in [-0.39, 0.29) is 16.0 Å². The van der Waals surface area contributed by atoms with Crippen LogP contribution in [0.2, 0.25) is 0 Å². The van der Waals surface area contributed by atoms with Crippen molar-refractivity contribution in [2.75, 3.05) is 7.11 Å². The number of nitriles is 1. The van der Waals surface area contributed by atoms with Crippen LogP contribution in [0, 0.1) is 14.2 Å². The number of carbonyl (C=O) groups is 1. The molecule has 0 fully saturated rings. The first-order valence-electron chi connectivity index (χ1n) is 4.05. The van der Waals surface area contributed by atoms with Gasteiger partial charge in [-0.2, -0.15) is 13.7 Å². The number of esters is 1. The molecule has 0 radical (unpaired) electrons. The van der Waals surface area contributed by atoms with Crippen LogP contribution >= 0.6 is 33.9 Å². The predicted molar refractivity (Wildman–Crippen MR) is 68.3 cm³/mol. The van der Waals surface area contributed by atoms with E-state index in [2.05, 4.69) is 4.74 Å². The fourth-order valence-corrected chi connectivity index (χ4v) is 3.93. The number of hydrogen-bond acceptors (Lipinski definition) is 6. The molecule has 0 aromatic carbocycles. The first-order valence-corrected chi connectivity index (χ1v) is 7.55. The lowest BCUT2D eigenvalue weighted by molar-refractivity contribution is 0.0599. The molecule has 1 heterocycles. The van der Waals surface area contributed by atoms with Crippen molar-refractivity contribution in [1.29, 1.82) is 5.26 Å². The summed E-state index contributed by atoms with van der Waals surface area (Å²) in [5.41, 5.74) is 0.00326. The zero-order chi connectivity index (χ0) is 13.2.